The van der Waals surface area contributed by atoms with Gasteiger partial charge in [-0.05, 0) is 120 Å². The van der Waals surface area contributed by atoms with Crippen LogP contribution in [0.25, 0.3) is 21.5 Å². The standard InChI is InChI=1S/C28H28O/c1-12-9-20-22(16(5)14(12)3)23-17(6)15(4)13(2)10-21(23)27-26(20)24-18-7-8-19(11-18)25(24)28(27)29/h7-10,18-19,24-25H,11H2,1-6H3/t18-,19+,24+,25-/m1/s1. The number of hydrogen-bond acceptors (Lipinski definition) is 1. The summed E-state index contributed by atoms with van der Waals surface area (Å²) in [5.74, 6) is 1.92. The molecule has 3 aromatic rings. The van der Waals surface area contributed by atoms with E-state index < -0.39 is 0 Å². The molecule has 1 heteroatoms. The molecule has 0 unspecified atom stereocenters. The number of carbonyl (C=O) groups excluding carboxylic acids is 1. The van der Waals surface area contributed by atoms with Crippen LogP contribution in [0.1, 0.15) is 61.6 Å². The lowest BCUT2D eigenvalue weighted by Crippen LogP contribution is -2.18. The molecule has 0 aromatic heterocycles. The number of Topliss-reactive ketones (excluding diaryl/α,β-unsaturated/α-hetero) is 1. The Kier molecular flexibility index (Phi) is 3.24. The summed E-state index contributed by atoms with van der Waals surface area (Å²) in [5, 5.41) is 5.26. The molecule has 0 heterocycles. The van der Waals surface area contributed by atoms with Crippen molar-refractivity contribution in [2.75, 3.05) is 0 Å². The van der Waals surface area contributed by atoms with Gasteiger partial charge in [0.25, 0.3) is 0 Å². The van der Waals surface area contributed by atoms with E-state index in [1.165, 1.54) is 60.5 Å². The zero-order valence-electron chi connectivity index (χ0n) is 18.2. The average Bonchev–Trinajstić information content (AvgIpc) is 3.37. The normalized spacial score (nSPS) is 26.8. The van der Waals surface area contributed by atoms with Crippen LogP contribution in [-0.4, -0.2) is 5.78 Å². The molecule has 3 aromatic carbocycles. The van der Waals surface area contributed by atoms with E-state index in [-0.39, 0.29) is 5.92 Å². The number of rotatable bonds is 0. The van der Waals surface area contributed by atoms with Crippen molar-refractivity contribution in [1.29, 1.82) is 0 Å². The fraction of sp³-hybridized carbons (Fsp3) is 0.393. The van der Waals surface area contributed by atoms with Crippen molar-refractivity contribution in [3.8, 4) is 0 Å². The molecule has 4 atom stereocenters. The van der Waals surface area contributed by atoms with Crippen molar-refractivity contribution >= 4 is 27.3 Å². The van der Waals surface area contributed by atoms with Gasteiger partial charge in [0.1, 0.15) is 0 Å². The van der Waals surface area contributed by atoms with Crippen LogP contribution in [0.2, 0.25) is 0 Å². The SMILES string of the molecule is Cc1cc2c3c(c4cc(C)c(C)c(C)c4c2c(C)c1C)[C@@H]1[C@H](C3=O)[C@H]2C=C[C@@H]1C2. The van der Waals surface area contributed by atoms with Gasteiger partial charge < -0.3 is 0 Å². The predicted octanol–water partition coefficient (Wildman–Crippen LogP) is 6.95. The summed E-state index contributed by atoms with van der Waals surface area (Å²) in [5.41, 5.74) is 10.5. The van der Waals surface area contributed by atoms with Gasteiger partial charge in [-0.1, -0.05) is 24.3 Å². The van der Waals surface area contributed by atoms with E-state index in [4.69, 9.17) is 0 Å². The molecule has 1 saturated carbocycles. The first-order valence-electron chi connectivity index (χ1n) is 11.0. The molecule has 1 fully saturated rings. The highest BCUT2D eigenvalue weighted by Crippen LogP contribution is 2.61. The maximum Gasteiger partial charge on any atom is 0.168 e. The van der Waals surface area contributed by atoms with Crippen LogP contribution >= 0.6 is 0 Å². The number of benzene rings is 3. The van der Waals surface area contributed by atoms with Gasteiger partial charge in [-0.3, -0.25) is 4.79 Å². The Balaban J connectivity index is 1.90. The molecule has 0 N–H and O–H groups in total. The van der Waals surface area contributed by atoms with Gasteiger partial charge in [0.2, 0.25) is 0 Å². The molecule has 0 saturated heterocycles. The Bertz CT molecular complexity index is 1320. The lowest BCUT2D eigenvalue weighted by molar-refractivity contribution is 0.0912. The van der Waals surface area contributed by atoms with Crippen LogP contribution in [0.4, 0.5) is 0 Å². The van der Waals surface area contributed by atoms with E-state index in [2.05, 4.69) is 65.8 Å². The molecule has 0 spiro atoms. The van der Waals surface area contributed by atoms with Crippen molar-refractivity contribution < 1.29 is 4.79 Å². The molecule has 3 aliphatic carbocycles. The Morgan fingerprint density at radius 1 is 0.690 bits per heavy atom. The molecule has 146 valence electrons. The van der Waals surface area contributed by atoms with E-state index in [1.807, 2.05) is 0 Å². The summed E-state index contributed by atoms with van der Waals surface area (Å²) in [7, 11) is 0. The van der Waals surface area contributed by atoms with Gasteiger partial charge in [0.15, 0.2) is 5.78 Å². The number of carbonyl (C=O) groups is 1. The smallest absolute Gasteiger partial charge is 0.168 e. The first kappa shape index (κ1) is 17.4. The van der Waals surface area contributed by atoms with E-state index in [0.29, 0.717) is 23.5 Å². The summed E-state index contributed by atoms with van der Waals surface area (Å²) in [6, 6.07) is 4.69. The lowest BCUT2D eigenvalue weighted by atomic mass is 9.79. The summed E-state index contributed by atoms with van der Waals surface area (Å²) in [6.45, 7) is 13.4. The van der Waals surface area contributed by atoms with Crippen molar-refractivity contribution in [2.24, 2.45) is 17.8 Å². The zero-order valence-corrected chi connectivity index (χ0v) is 18.2. The summed E-state index contributed by atoms with van der Waals surface area (Å²) in [4.78, 5) is 13.8. The van der Waals surface area contributed by atoms with Gasteiger partial charge in [-0.15, -0.1) is 0 Å². The molecule has 3 aliphatic rings. The Morgan fingerprint density at radius 2 is 1.21 bits per heavy atom. The fourth-order valence-corrected chi connectivity index (χ4v) is 6.85. The van der Waals surface area contributed by atoms with Crippen LogP contribution in [0, 0.1) is 59.3 Å². The van der Waals surface area contributed by atoms with Crippen molar-refractivity contribution in [1.82, 2.24) is 0 Å². The highest BCUT2D eigenvalue weighted by molar-refractivity contribution is 6.24. The largest absolute Gasteiger partial charge is 0.294 e. The third-order valence-electron chi connectivity index (χ3n) is 8.74. The monoisotopic (exact) mass is 380 g/mol. The van der Waals surface area contributed by atoms with Crippen LogP contribution in [0.15, 0.2) is 24.3 Å². The molecule has 0 aliphatic heterocycles. The third kappa shape index (κ3) is 1.90. The molecule has 0 amide bonds. The second-order valence-electron chi connectivity index (χ2n) is 9.88. The molecule has 1 nitrogen and oxygen atoms in total. The summed E-state index contributed by atoms with van der Waals surface area (Å²) >= 11 is 0. The molecule has 6 rings (SSSR count). The number of allylic oxidation sites excluding steroid dienone is 2. The van der Waals surface area contributed by atoms with Crippen LogP contribution in [-0.2, 0) is 0 Å². The first-order valence-corrected chi connectivity index (χ1v) is 11.0. The Morgan fingerprint density at radius 3 is 1.83 bits per heavy atom. The van der Waals surface area contributed by atoms with Gasteiger partial charge in [-0.2, -0.15) is 0 Å². The van der Waals surface area contributed by atoms with Gasteiger partial charge in [0, 0.05) is 17.4 Å². The van der Waals surface area contributed by atoms with Gasteiger partial charge in [0.05, 0.1) is 0 Å². The first-order chi connectivity index (χ1) is 13.8. The predicted molar refractivity (Wildman–Crippen MR) is 121 cm³/mol. The van der Waals surface area contributed by atoms with Gasteiger partial charge in [-0.25, -0.2) is 0 Å². The quantitative estimate of drug-likeness (QED) is 0.305. The number of ketones is 1. The fourth-order valence-electron chi connectivity index (χ4n) is 6.85. The molecule has 0 radical (unpaired) electrons. The Hall–Kier alpha value is -2.41. The summed E-state index contributed by atoms with van der Waals surface area (Å²) in [6.07, 6.45) is 5.88. The number of fused-ring (bicyclic) bond motifs is 12. The number of aryl methyl sites for hydroxylation is 4. The van der Waals surface area contributed by atoms with Crippen molar-refractivity contribution in [2.45, 2.75) is 53.9 Å². The Labute approximate surface area is 172 Å². The minimum atomic E-state index is 0.164. The maximum atomic E-state index is 13.8. The summed E-state index contributed by atoms with van der Waals surface area (Å²) < 4.78 is 0. The highest BCUT2D eigenvalue weighted by atomic mass is 16.1. The van der Waals surface area contributed by atoms with Crippen LogP contribution < -0.4 is 0 Å². The molecular formula is C28H28O. The van der Waals surface area contributed by atoms with E-state index in [9.17, 15) is 4.79 Å². The van der Waals surface area contributed by atoms with E-state index in [0.717, 1.165) is 12.0 Å². The molecule has 2 bridgehead atoms. The van der Waals surface area contributed by atoms with E-state index in [1.54, 1.807) is 0 Å². The zero-order chi connectivity index (χ0) is 20.4. The molecule has 29 heavy (non-hydrogen) atoms. The van der Waals surface area contributed by atoms with Gasteiger partial charge >= 0.3 is 0 Å². The highest BCUT2D eigenvalue weighted by Gasteiger charge is 2.55. The minimum Gasteiger partial charge on any atom is -0.294 e. The topological polar surface area (TPSA) is 17.1 Å². The second kappa shape index (κ2) is 5.39. The molecular weight excluding hydrogens is 352 g/mol. The third-order valence-corrected chi connectivity index (χ3v) is 8.74. The number of hydrogen-bond donors (Lipinski definition) is 0. The average molecular weight is 381 g/mol. The second-order valence-corrected chi connectivity index (χ2v) is 9.88. The van der Waals surface area contributed by atoms with Crippen molar-refractivity contribution in [3.05, 3.63) is 68.8 Å². The van der Waals surface area contributed by atoms with Crippen molar-refractivity contribution in [3.63, 3.8) is 0 Å². The van der Waals surface area contributed by atoms with E-state index >= 15 is 0 Å². The minimum absolute atomic E-state index is 0.164. The lowest BCUT2D eigenvalue weighted by Gasteiger charge is -2.24. The maximum absolute atomic E-state index is 13.8. The van der Waals surface area contributed by atoms with Crippen LogP contribution in [0.5, 0.6) is 0 Å². The van der Waals surface area contributed by atoms with Crippen LogP contribution in [0.3, 0.4) is 0 Å².